The first-order valence-corrected chi connectivity index (χ1v) is 9.52. The van der Waals surface area contributed by atoms with Crippen LogP contribution >= 0.6 is 0 Å². The second-order valence-electron chi connectivity index (χ2n) is 7.43. The number of nitrogens with zero attached hydrogens (tertiary/aromatic N) is 2. The lowest BCUT2D eigenvalue weighted by Crippen LogP contribution is -2.50. The van der Waals surface area contributed by atoms with Crippen molar-refractivity contribution in [3.05, 3.63) is 0 Å². The Balaban J connectivity index is 1.55. The maximum absolute atomic E-state index is 12.2. The van der Waals surface area contributed by atoms with E-state index >= 15 is 0 Å². The molecule has 2 N–H and O–H groups in total. The van der Waals surface area contributed by atoms with E-state index in [1.165, 1.54) is 19.3 Å². The lowest BCUT2D eigenvalue weighted by atomic mass is 9.87. The van der Waals surface area contributed by atoms with Gasteiger partial charge in [0, 0.05) is 38.8 Å². The van der Waals surface area contributed by atoms with E-state index in [0.717, 1.165) is 64.3 Å². The van der Waals surface area contributed by atoms with E-state index in [0.29, 0.717) is 19.2 Å². The van der Waals surface area contributed by atoms with Gasteiger partial charge in [-0.05, 0) is 57.4 Å². The first kappa shape index (κ1) is 18.7. The topological polar surface area (TPSA) is 55.8 Å². The molecule has 1 aliphatic heterocycles. The van der Waals surface area contributed by atoms with Gasteiger partial charge in [0.2, 0.25) is 5.91 Å². The predicted octanol–water partition coefficient (Wildman–Crippen LogP) is 1.46. The molecule has 23 heavy (non-hydrogen) atoms. The second-order valence-corrected chi connectivity index (χ2v) is 7.43. The summed E-state index contributed by atoms with van der Waals surface area (Å²) in [6, 6.07) is 0.409. The molecule has 1 saturated heterocycles. The Bertz CT molecular complexity index is 335. The number of nitrogens with one attached hydrogen (secondary N) is 1. The lowest BCUT2D eigenvalue weighted by molar-refractivity contribution is -0.123. The zero-order chi connectivity index (χ0) is 16.5. The fraction of sp³-hybridized carbons (Fsp3) is 0.944. The van der Waals surface area contributed by atoms with Gasteiger partial charge in [-0.1, -0.05) is 6.92 Å². The van der Waals surface area contributed by atoms with Crippen LogP contribution in [-0.2, 0) is 4.79 Å². The number of aliphatic hydroxyl groups excluding tert-OH is 1. The Morgan fingerprint density at radius 1 is 1.00 bits per heavy atom. The zero-order valence-electron chi connectivity index (χ0n) is 14.8. The van der Waals surface area contributed by atoms with Crippen LogP contribution in [0.15, 0.2) is 0 Å². The summed E-state index contributed by atoms with van der Waals surface area (Å²) in [7, 11) is 0. The monoisotopic (exact) mass is 325 g/mol. The van der Waals surface area contributed by atoms with Gasteiger partial charge in [-0.3, -0.25) is 9.69 Å². The summed E-state index contributed by atoms with van der Waals surface area (Å²) in [5.74, 6) is 1.04. The highest BCUT2D eigenvalue weighted by Crippen LogP contribution is 2.23. The highest BCUT2D eigenvalue weighted by atomic mass is 16.2. The molecule has 5 heteroatoms. The first-order valence-electron chi connectivity index (χ1n) is 9.52. The molecule has 0 aromatic heterocycles. The smallest absolute Gasteiger partial charge is 0.234 e. The third kappa shape index (κ3) is 7.19. The van der Waals surface area contributed by atoms with Gasteiger partial charge in [0.15, 0.2) is 0 Å². The molecular weight excluding hydrogens is 290 g/mol. The third-order valence-electron chi connectivity index (χ3n) is 5.35. The molecular formula is C18H35N3O2. The molecule has 0 radical (unpaired) electrons. The van der Waals surface area contributed by atoms with Crippen LogP contribution in [-0.4, -0.2) is 72.7 Å². The van der Waals surface area contributed by atoms with Crippen LogP contribution in [0.1, 0.15) is 51.9 Å². The summed E-state index contributed by atoms with van der Waals surface area (Å²) in [6.45, 7) is 8.42. The fourth-order valence-corrected chi connectivity index (χ4v) is 3.68. The van der Waals surface area contributed by atoms with Gasteiger partial charge in [0.1, 0.15) is 0 Å². The summed E-state index contributed by atoms with van der Waals surface area (Å²) in [6.07, 6.45) is 7.99. The van der Waals surface area contributed by atoms with Crippen molar-refractivity contribution in [2.75, 3.05) is 45.9 Å². The van der Waals surface area contributed by atoms with Crippen LogP contribution < -0.4 is 5.32 Å². The fourth-order valence-electron chi connectivity index (χ4n) is 3.68. The average Bonchev–Trinajstić information content (AvgIpc) is 2.55. The van der Waals surface area contributed by atoms with Crippen LogP contribution in [0.3, 0.4) is 0 Å². The van der Waals surface area contributed by atoms with Crippen LogP contribution in [0.5, 0.6) is 0 Å². The second kappa shape index (κ2) is 10.3. The van der Waals surface area contributed by atoms with Gasteiger partial charge in [0.05, 0.1) is 6.54 Å². The average molecular weight is 325 g/mol. The van der Waals surface area contributed by atoms with Crippen LogP contribution in [0.2, 0.25) is 0 Å². The largest absolute Gasteiger partial charge is 0.396 e. The maximum atomic E-state index is 12.2. The number of piperazine rings is 1. The molecule has 1 saturated carbocycles. The van der Waals surface area contributed by atoms with Crippen molar-refractivity contribution in [1.82, 2.24) is 15.1 Å². The van der Waals surface area contributed by atoms with Crippen molar-refractivity contribution in [1.29, 1.82) is 0 Å². The Morgan fingerprint density at radius 2 is 1.65 bits per heavy atom. The SMILES string of the molecule is CC1CCC(NC(=O)CN2CCN(CCCCCO)CC2)CC1. The Hall–Kier alpha value is -0.650. The van der Waals surface area contributed by atoms with Gasteiger partial charge in [-0.25, -0.2) is 0 Å². The highest BCUT2D eigenvalue weighted by molar-refractivity contribution is 5.78. The molecule has 1 heterocycles. The number of amides is 1. The van der Waals surface area contributed by atoms with E-state index < -0.39 is 0 Å². The van der Waals surface area contributed by atoms with Gasteiger partial charge in [-0.15, -0.1) is 0 Å². The number of hydrogen-bond donors (Lipinski definition) is 2. The van der Waals surface area contributed by atoms with Gasteiger partial charge >= 0.3 is 0 Å². The predicted molar refractivity (Wildman–Crippen MR) is 93.4 cm³/mol. The number of rotatable bonds is 8. The molecule has 5 nitrogen and oxygen atoms in total. The molecule has 1 aliphatic carbocycles. The Kier molecular flexibility index (Phi) is 8.34. The molecule has 1 amide bonds. The van der Waals surface area contributed by atoms with Crippen LogP contribution in [0.4, 0.5) is 0 Å². The molecule has 134 valence electrons. The Labute approximate surface area is 141 Å². The van der Waals surface area contributed by atoms with Crippen molar-refractivity contribution in [2.24, 2.45) is 5.92 Å². The van der Waals surface area contributed by atoms with Gasteiger partial charge in [-0.2, -0.15) is 0 Å². The van der Waals surface area contributed by atoms with E-state index in [4.69, 9.17) is 5.11 Å². The molecule has 2 rings (SSSR count). The normalized spacial score (nSPS) is 27.0. The molecule has 0 atom stereocenters. The molecule has 2 aliphatic rings. The number of unbranched alkanes of at least 4 members (excludes halogenated alkanes) is 2. The molecule has 0 bridgehead atoms. The minimum atomic E-state index is 0.209. The molecule has 2 fully saturated rings. The summed E-state index contributed by atoms with van der Waals surface area (Å²) >= 11 is 0. The van der Waals surface area contributed by atoms with Crippen molar-refractivity contribution in [3.8, 4) is 0 Å². The molecule has 0 spiro atoms. The van der Waals surface area contributed by atoms with E-state index in [2.05, 4.69) is 22.0 Å². The van der Waals surface area contributed by atoms with Crippen molar-refractivity contribution in [2.45, 2.75) is 57.9 Å². The number of hydrogen-bond acceptors (Lipinski definition) is 4. The van der Waals surface area contributed by atoms with Crippen LogP contribution in [0.25, 0.3) is 0 Å². The summed E-state index contributed by atoms with van der Waals surface area (Å²) < 4.78 is 0. The third-order valence-corrected chi connectivity index (χ3v) is 5.35. The quantitative estimate of drug-likeness (QED) is 0.664. The zero-order valence-corrected chi connectivity index (χ0v) is 14.8. The van der Waals surface area contributed by atoms with E-state index in [9.17, 15) is 4.79 Å². The molecule has 0 aromatic rings. The minimum Gasteiger partial charge on any atom is -0.396 e. The van der Waals surface area contributed by atoms with Gasteiger partial charge < -0.3 is 15.3 Å². The number of carbonyl (C=O) groups is 1. The van der Waals surface area contributed by atoms with E-state index in [-0.39, 0.29) is 5.91 Å². The summed E-state index contributed by atoms with van der Waals surface area (Å²) in [5, 5.41) is 12.0. The number of carbonyl (C=O) groups excluding carboxylic acids is 1. The first-order chi connectivity index (χ1) is 11.2. The van der Waals surface area contributed by atoms with E-state index in [1.807, 2.05) is 0 Å². The molecule has 0 unspecified atom stereocenters. The van der Waals surface area contributed by atoms with Crippen LogP contribution in [0, 0.1) is 5.92 Å². The van der Waals surface area contributed by atoms with Crippen molar-refractivity contribution >= 4 is 5.91 Å². The Morgan fingerprint density at radius 3 is 2.30 bits per heavy atom. The van der Waals surface area contributed by atoms with Crippen molar-refractivity contribution in [3.63, 3.8) is 0 Å². The maximum Gasteiger partial charge on any atom is 0.234 e. The summed E-state index contributed by atoms with van der Waals surface area (Å²) in [5.41, 5.74) is 0. The van der Waals surface area contributed by atoms with Gasteiger partial charge in [0.25, 0.3) is 0 Å². The standard InChI is InChI=1S/C18H35N3O2/c1-16-5-7-17(8-6-16)19-18(23)15-21-12-10-20(11-13-21)9-3-2-4-14-22/h16-17,22H,2-15H2,1H3,(H,19,23). The van der Waals surface area contributed by atoms with E-state index in [1.54, 1.807) is 0 Å². The highest BCUT2D eigenvalue weighted by Gasteiger charge is 2.22. The summed E-state index contributed by atoms with van der Waals surface area (Å²) in [4.78, 5) is 17.0. The van der Waals surface area contributed by atoms with Crippen molar-refractivity contribution < 1.29 is 9.90 Å². The lowest BCUT2D eigenvalue weighted by Gasteiger charge is -2.35. The minimum absolute atomic E-state index is 0.209. The number of aliphatic hydroxyl groups is 1. The molecule has 0 aromatic carbocycles.